The number of amides is 1. The summed E-state index contributed by atoms with van der Waals surface area (Å²) in [5.74, 6) is 0.247. The average molecular weight is 245 g/mol. The first kappa shape index (κ1) is 10.9. The summed E-state index contributed by atoms with van der Waals surface area (Å²) in [4.78, 5) is 17.7. The van der Waals surface area contributed by atoms with Crippen molar-refractivity contribution in [1.82, 2.24) is 9.88 Å². The highest BCUT2D eigenvalue weighted by Crippen LogP contribution is 2.18. The quantitative estimate of drug-likeness (QED) is 0.802. The van der Waals surface area contributed by atoms with Gasteiger partial charge in [0.1, 0.15) is 0 Å². The highest BCUT2D eigenvalue weighted by molar-refractivity contribution is 7.13. The summed E-state index contributed by atoms with van der Waals surface area (Å²) >= 11 is 7.17. The molecule has 1 aliphatic rings. The van der Waals surface area contributed by atoms with Gasteiger partial charge in [-0.25, -0.2) is 4.98 Å². The number of thiazole rings is 1. The largest absolute Gasteiger partial charge is 0.337 e. The zero-order chi connectivity index (χ0) is 10.7. The summed E-state index contributed by atoms with van der Waals surface area (Å²) in [5.41, 5.74) is 0.903. The molecule has 2 heterocycles. The highest BCUT2D eigenvalue weighted by atomic mass is 35.5. The number of aromatic nitrogens is 1. The van der Waals surface area contributed by atoms with Crippen molar-refractivity contribution in [2.75, 3.05) is 6.54 Å². The Balaban J connectivity index is 2.00. The molecule has 0 radical (unpaired) electrons. The normalized spacial score (nSPS) is 17.9. The second kappa shape index (κ2) is 4.94. The number of carbonyl (C=O) groups is 1. The molecule has 1 saturated heterocycles. The molecule has 2 rings (SSSR count). The van der Waals surface area contributed by atoms with E-state index in [1.165, 1.54) is 11.3 Å². The number of hydrogen-bond acceptors (Lipinski definition) is 3. The van der Waals surface area contributed by atoms with Crippen molar-refractivity contribution in [3.05, 3.63) is 15.5 Å². The third-order valence-corrected chi connectivity index (χ3v) is 3.58. The third-order valence-electron chi connectivity index (χ3n) is 2.55. The third kappa shape index (κ3) is 2.92. The van der Waals surface area contributed by atoms with E-state index in [1.54, 1.807) is 0 Å². The molecular weight excluding hydrogens is 232 g/mol. The lowest BCUT2D eigenvalue weighted by Crippen LogP contribution is -2.29. The highest BCUT2D eigenvalue weighted by Gasteiger charge is 2.17. The Kier molecular flexibility index (Phi) is 3.59. The molecule has 0 aliphatic carbocycles. The molecule has 1 amide bonds. The smallest absolute Gasteiger partial charge is 0.222 e. The van der Waals surface area contributed by atoms with E-state index in [1.807, 2.05) is 10.3 Å². The molecule has 5 heteroatoms. The molecule has 3 nitrogen and oxygen atoms in total. The molecule has 0 N–H and O–H groups in total. The van der Waals surface area contributed by atoms with Crippen molar-refractivity contribution >= 4 is 28.8 Å². The van der Waals surface area contributed by atoms with Crippen LogP contribution in [-0.2, 0) is 11.3 Å². The molecule has 0 bridgehead atoms. The maximum Gasteiger partial charge on any atom is 0.222 e. The van der Waals surface area contributed by atoms with Crippen LogP contribution in [-0.4, -0.2) is 22.3 Å². The van der Waals surface area contributed by atoms with Gasteiger partial charge in [-0.3, -0.25) is 4.79 Å². The summed E-state index contributed by atoms with van der Waals surface area (Å²) in [5, 5.41) is 1.92. The molecule has 0 unspecified atom stereocenters. The number of carbonyl (C=O) groups excluding carboxylic acids is 1. The molecule has 0 atom stereocenters. The zero-order valence-corrected chi connectivity index (χ0v) is 9.98. The first-order chi connectivity index (χ1) is 7.25. The van der Waals surface area contributed by atoms with E-state index in [0.717, 1.165) is 31.5 Å². The van der Waals surface area contributed by atoms with Gasteiger partial charge in [-0.2, -0.15) is 0 Å². The van der Waals surface area contributed by atoms with E-state index >= 15 is 0 Å². The molecule has 0 spiro atoms. The minimum Gasteiger partial charge on any atom is -0.337 e. The summed E-state index contributed by atoms with van der Waals surface area (Å²) in [6.07, 6.45) is 3.95. The van der Waals surface area contributed by atoms with E-state index in [9.17, 15) is 4.79 Å². The topological polar surface area (TPSA) is 33.2 Å². The lowest BCUT2D eigenvalue weighted by molar-refractivity contribution is -0.131. The van der Waals surface area contributed by atoms with Crippen LogP contribution in [0.2, 0.25) is 4.47 Å². The van der Waals surface area contributed by atoms with Crippen LogP contribution in [0.3, 0.4) is 0 Å². The van der Waals surface area contributed by atoms with Gasteiger partial charge in [-0.1, -0.05) is 18.0 Å². The average Bonchev–Trinajstić information content (AvgIpc) is 2.50. The maximum atomic E-state index is 11.7. The van der Waals surface area contributed by atoms with Gasteiger partial charge in [0, 0.05) is 18.3 Å². The minimum absolute atomic E-state index is 0.247. The molecule has 0 aromatic carbocycles. The second-order valence-corrected chi connectivity index (χ2v) is 5.16. The van der Waals surface area contributed by atoms with Gasteiger partial charge in [0.2, 0.25) is 5.91 Å². The summed E-state index contributed by atoms with van der Waals surface area (Å²) in [6.45, 7) is 1.47. The van der Waals surface area contributed by atoms with Crippen molar-refractivity contribution in [2.45, 2.75) is 32.2 Å². The number of rotatable bonds is 2. The lowest BCUT2D eigenvalue weighted by Gasteiger charge is -2.18. The molecule has 1 fully saturated rings. The molecule has 1 aromatic rings. The molecule has 15 heavy (non-hydrogen) atoms. The predicted octanol–water partition coefficient (Wildman–Crippen LogP) is 2.70. The van der Waals surface area contributed by atoms with Gasteiger partial charge in [0.05, 0.1) is 12.2 Å². The van der Waals surface area contributed by atoms with Crippen LogP contribution in [0.1, 0.15) is 31.4 Å². The summed E-state index contributed by atoms with van der Waals surface area (Å²) in [6, 6.07) is 0. The lowest BCUT2D eigenvalue weighted by atomic mass is 10.2. The SMILES string of the molecule is O=C1CCCCCN1Cc1csc(Cl)n1. The van der Waals surface area contributed by atoms with Crippen LogP contribution in [0, 0.1) is 0 Å². The zero-order valence-electron chi connectivity index (χ0n) is 8.41. The van der Waals surface area contributed by atoms with Gasteiger partial charge < -0.3 is 4.90 Å². The van der Waals surface area contributed by atoms with Crippen LogP contribution >= 0.6 is 22.9 Å². The molecular formula is C10H13ClN2OS. The van der Waals surface area contributed by atoms with E-state index in [4.69, 9.17) is 11.6 Å². The molecule has 1 aromatic heterocycles. The number of likely N-dealkylation sites (tertiary alicyclic amines) is 1. The first-order valence-electron chi connectivity index (χ1n) is 5.13. The second-order valence-electron chi connectivity index (χ2n) is 3.72. The maximum absolute atomic E-state index is 11.7. The van der Waals surface area contributed by atoms with Gasteiger partial charge in [0.25, 0.3) is 0 Å². The molecule has 0 saturated carbocycles. The fraction of sp³-hybridized carbons (Fsp3) is 0.600. The number of nitrogens with zero attached hydrogens (tertiary/aromatic N) is 2. The van der Waals surface area contributed by atoms with Crippen molar-refractivity contribution in [1.29, 1.82) is 0 Å². The van der Waals surface area contributed by atoms with Crippen LogP contribution in [0.5, 0.6) is 0 Å². The number of halogens is 1. The van der Waals surface area contributed by atoms with E-state index in [-0.39, 0.29) is 5.91 Å². The van der Waals surface area contributed by atoms with Gasteiger partial charge in [-0.05, 0) is 12.8 Å². The Labute approximate surface area is 98.1 Å². The summed E-state index contributed by atoms with van der Waals surface area (Å²) < 4.78 is 0.548. The number of hydrogen-bond donors (Lipinski definition) is 0. The van der Waals surface area contributed by atoms with Crippen LogP contribution < -0.4 is 0 Å². The fourth-order valence-corrected chi connectivity index (χ4v) is 2.53. The monoisotopic (exact) mass is 244 g/mol. The van der Waals surface area contributed by atoms with Crippen LogP contribution in [0.15, 0.2) is 5.38 Å². The predicted molar refractivity (Wildman–Crippen MR) is 61.0 cm³/mol. The Morgan fingerprint density at radius 1 is 1.47 bits per heavy atom. The summed E-state index contributed by atoms with van der Waals surface area (Å²) in [7, 11) is 0. The fourth-order valence-electron chi connectivity index (χ4n) is 1.76. The van der Waals surface area contributed by atoms with E-state index in [2.05, 4.69) is 4.98 Å². The van der Waals surface area contributed by atoms with Crippen LogP contribution in [0.25, 0.3) is 0 Å². The van der Waals surface area contributed by atoms with Gasteiger partial charge >= 0.3 is 0 Å². The van der Waals surface area contributed by atoms with Crippen LogP contribution in [0.4, 0.5) is 0 Å². The van der Waals surface area contributed by atoms with E-state index < -0.39 is 0 Å². The Morgan fingerprint density at radius 2 is 2.33 bits per heavy atom. The molecule has 82 valence electrons. The van der Waals surface area contributed by atoms with Gasteiger partial charge in [0.15, 0.2) is 4.47 Å². The van der Waals surface area contributed by atoms with Crippen molar-refractivity contribution in [3.8, 4) is 0 Å². The Bertz CT molecular complexity index is 353. The Morgan fingerprint density at radius 3 is 3.07 bits per heavy atom. The van der Waals surface area contributed by atoms with Crippen molar-refractivity contribution < 1.29 is 4.79 Å². The Hall–Kier alpha value is -0.610. The van der Waals surface area contributed by atoms with Gasteiger partial charge in [-0.15, -0.1) is 11.3 Å². The standard InChI is InChI=1S/C10H13ClN2OS/c11-10-12-8(7-15-10)6-13-5-3-1-2-4-9(13)14/h7H,1-6H2. The molecule has 1 aliphatic heterocycles. The van der Waals surface area contributed by atoms with Crippen molar-refractivity contribution in [3.63, 3.8) is 0 Å². The van der Waals surface area contributed by atoms with E-state index in [0.29, 0.717) is 17.4 Å². The minimum atomic E-state index is 0.247. The first-order valence-corrected chi connectivity index (χ1v) is 6.39. The van der Waals surface area contributed by atoms with Crippen molar-refractivity contribution in [2.24, 2.45) is 0 Å².